The van der Waals surface area contributed by atoms with Crippen LogP contribution in [0.25, 0.3) is 0 Å². The van der Waals surface area contributed by atoms with E-state index >= 15 is 0 Å². The zero-order chi connectivity index (χ0) is 14.5. The van der Waals surface area contributed by atoms with Crippen molar-refractivity contribution in [1.29, 1.82) is 0 Å². The molecule has 6 heteroatoms. The van der Waals surface area contributed by atoms with Gasteiger partial charge in [0, 0.05) is 24.3 Å². The highest BCUT2D eigenvalue weighted by Crippen LogP contribution is 2.10. The second-order valence-electron chi connectivity index (χ2n) is 5.10. The van der Waals surface area contributed by atoms with E-state index in [2.05, 4.69) is 22.1 Å². The summed E-state index contributed by atoms with van der Waals surface area (Å²) in [5.41, 5.74) is 6.55. The molecule has 108 valence electrons. The van der Waals surface area contributed by atoms with E-state index in [1.807, 2.05) is 0 Å². The van der Waals surface area contributed by atoms with Gasteiger partial charge in [-0.05, 0) is 45.0 Å². The fourth-order valence-electron chi connectivity index (χ4n) is 2.32. The van der Waals surface area contributed by atoms with Crippen LogP contribution >= 0.6 is 12.2 Å². The van der Waals surface area contributed by atoms with Crippen molar-refractivity contribution in [2.45, 2.75) is 25.8 Å². The Labute approximate surface area is 124 Å². The van der Waals surface area contributed by atoms with Crippen LogP contribution < -0.4 is 11.1 Å². The number of nitrogens with one attached hydrogen (secondary N) is 1. The lowest BCUT2D eigenvalue weighted by Gasteiger charge is -2.23. The van der Waals surface area contributed by atoms with Gasteiger partial charge in [-0.2, -0.15) is 0 Å². The van der Waals surface area contributed by atoms with E-state index in [4.69, 9.17) is 18.0 Å². The molecule has 2 rings (SSSR count). The van der Waals surface area contributed by atoms with Crippen molar-refractivity contribution in [2.75, 3.05) is 19.6 Å². The smallest absolute Gasteiger partial charge is 0.269 e. The van der Waals surface area contributed by atoms with Crippen LogP contribution in [0.1, 0.15) is 35.8 Å². The van der Waals surface area contributed by atoms with Gasteiger partial charge in [0.15, 0.2) is 0 Å². The van der Waals surface area contributed by atoms with Gasteiger partial charge in [-0.3, -0.25) is 14.7 Å². The average Bonchev–Trinajstić information content (AvgIpc) is 2.98. The molecule has 20 heavy (non-hydrogen) atoms. The number of nitrogens with zero attached hydrogens (tertiary/aromatic N) is 2. The molecule has 0 aliphatic carbocycles. The lowest BCUT2D eigenvalue weighted by atomic mass is 10.2. The summed E-state index contributed by atoms with van der Waals surface area (Å²) in [4.78, 5) is 18.7. The molecule has 0 radical (unpaired) electrons. The molecule has 1 atom stereocenters. The highest BCUT2D eigenvalue weighted by molar-refractivity contribution is 7.80. The van der Waals surface area contributed by atoms with E-state index in [1.165, 1.54) is 19.0 Å². The molecule has 1 amide bonds. The van der Waals surface area contributed by atoms with E-state index in [0.29, 0.717) is 23.8 Å². The van der Waals surface area contributed by atoms with Crippen molar-refractivity contribution in [3.8, 4) is 0 Å². The van der Waals surface area contributed by atoms with Gasteiger partial charge in [-0.25, -0.2) is 0 Å². The molecule has 0 aromatic carbocycles. The molecule has 3 N–H and O–H groups in total. The van der Waals surface area contributed by atoms with Gasteiger partial charge >= 0.3 is 0 Å². The van der Waals surface area contributed by atoms with Crippen molar-refractivity contribution >= 4 is 23.1 Å². The van der Waals surface area contributed by atoms with Gasteiger partial charge < -0.3 is 11.1 Å². The normalized spacial score (nSPS) is 16.9. The van der Waals surface area contributed by atoms with Crippen LogP contribution in [0, 0.1) is 0 Å². The summed E-state index contributed by atoms with van der Waals surface area (Å²) >= 11 is 4.85. The van der Waals surface area contributed by atoms with Crippen LogP contribution in [-0.4, -0.2) is 46.5 Å². The van der Waals surface area contributed by atoms with Crippen LogP contribution in [-0.2, 0) is 0 Å². The second-order valence-corrected chi connectivity index (χ2v) is 5.54. The summed E-state index contributed by atoms with van der Waals surface area (Å²) in [6.07, 6.45) is 4.03. The molecular weight excluding hydrogens is 272 g/mol. The number of pyridine rings is 1. The fourth-order valence-corrected chi connectivity index (χ4v) is 2.44. The first-order valence-corrected chi connectivity index (χ1v) is 7.27. The number of likely N-dealkylation sites (tertiary alicyclic amines) is 1. The molecular formula is C14H20N4OS. The highest BCUT2D eigenvalue weighted by atomic mass is 32.1. The molecule has 1 saturated heterocycles. The molecule has 1 aliphatic rings. The maximum atomic E-state index is 12.0. The molecule has 1 aromatic rings. The SMILES string of the molecule is CC(CNC(=O)c1ccc(C(N)=S)cn1)N1CCCC1. The summed E-state index contributed by atoms with van der Waals surface area (Å²) in [5.74, 6) is -0.162. The minimum Gasteiger partial charge on any atom is -0.389 e. The molecule has 0 spiro atoms. The molecule has 1 fully saturated rings. The fraction of sp³-hybridized carbons (Fsp3) is 0.500. The summed E-state index contributed by atoms with van der Waals surface area (Å²) in [5, 5.41) is 2.92. The van der Waals surface area contributed by atoms with Crippen molar-refractivity contribution < 1.29 is 4.79 Å². The largest absolute Gasteiger partial charge is 0.389 e. The number of thiocarbonyl (C=S) groups is 1. The zero-order valence-electron chi connectivity index (χ0n) is 11.6. The maximum absolute atomic E-state index is 12.0. The predicted octanol–water partition coefficient (Wildman–Crippen LogP) is 0.930. The van der Waals surface area contributed by atoms with Gasteiger partial charge in [-0.15, -0.1) is 0 Å². The number of rotatable bonds is 5. The summed E-state index contributed by atoms with van der Waals surface area (Å²) in [6, 6.07) is 3.72. The van der Waals surface area contributed by atoms with E-state index in [9.17, 15) is 4.79 Å². The number of hydrogen-bond acceptors (Lipinski definition) is 4. The third-order valence-electron chi connectivity index (χ3n) is 3.60. The Morgan fingerprint density at radius 3 is 2.75 bits per heavy atom. The first-order chi connectivity index (χ1) is 9.58. The van der Waals surface area contributed by atoms with Gasteiger partial charge in [-0.1, -0.05) is 12.2 Å². The standard InChI is InChI=1S/C14H20N4OS/c1-10(18-6-2-3-7-18)8-17-14(19)12-5-4-11(9-16-12)13(15)20/h4-5,9-10H,2-3,6-8H2,1H3,(H2,15,20)(H,17,19). The monoisotopic (exact) mass is 292 g/mol. The molecule has 0 saturated carbocycles. The molecule has 1 unspecified atom stereocenters. The molecule has 1 aliphatic heterocycles. The molecule has 0 bridgehead atoms. The van der Waals surface area contributed by atoms with Crippen LogP contribution in [0.5, 0.6) is 0 Å². The first kappa shape index (κ1) is 14.9. The van der Waals surface area contributed by atoms with E-state index in [1.54, 1.807) is 12.1 Å². The Bertz CT molecular complexity index is 482. The number of aromatic nitrogens is 1. The van der Waals surface area contributed by atoms with Gasteiger partial charge in [0.25, 0.3) is 5.91 Å². The lowest BCUT2D eigenvalue weighted by Crippen LogP contribution is -2.40. The van der Waals surface area contributed by atoms with Crippen molar-refractivity contribution in [1.82, 2.24) is 15.2 Å². The Kier molecular flexibility index (Phi) is 5.03. The Morgan fingerprint density at radius 1 is 1.50 bits per heavy atom. The maximum Gasteiger partial charge on any atom is 0.269 e. The summed E-state index contributed by atoms with van der Waals surface area (Å²) in [7, 11) is 0. The number of hydrogen-bond donors (Lipinski definition) is 2. The van der Waals surface area contributed by atoms with Crippen molar-refractivity contribution in [2.24, 2.45) is 5.73 Å². The van der Waals surface area contributed by atoms with Crippen LogP contribution in [0.3, 0.4) is 0 Å². The predicted molar refractivity (Wildman–Crippen MR) is 82.7 cm³/mol. The minimum absolute atomic E-state index is 0.162. The topological polar surface area (TPSA) is 71.2 Å². The second kappa shape index (κ2) is 6.76. The Hall–Kier alpha value is -1.53. The third-order valence-corrected chi connectivity index (χ3v) is 3.84. The minimum atomic E-state index is -0.162. The van der Waals surface area contributed by atoms with Gasteiger partial charge in [0.2, 0.25) is 0 Å². The third kappa shape index (κ3) is 3.74. The lowest BCUT2D eigenvalue weighted by molar-refractivity contribution is 0.0935. The van der Waals surface area contributed by atoms with Crippen molar-refractivity contribution in [3.63, 3.8) is 0 Å². The van der Waals surface area contributed by atoms with E-state index < -0.39 is 0 Å². The Balaban J connectivity index is 1.86. The Morgan fingerprint density at radius 2 is 2.20 bits per heavy atom. The number of nitrogens with two attached hydrogens (primary N) is 1. The van der Waals surface area contributed by atoms with Crippen LogP contribution in [0.15, 0.2) is 18.3 Å². The van der Waals surface area contributed by atoms with Crippen LogP contribution in [0.2, 0.25) is 0 Å². The van der Waals surface area contributed by atoms with Gasteiger partial charge in [0.1, 0.15) is 10.7 Å². The quantitative estimate of drug-likeness (QED) is 0.790. The number of carbonyl (C=O) groups excluding carboxylic acids is 1. The zero-order valence-corrected chi connectivity index (χ0v) is 12.4. The molecule has 5 nitrogen and oxygen atoms in total. The van der Waals surface area contributed by atoms with Crippen molar-refractivity contribution in [3.05, 3.63) is 29.6 Å². The number of amides is 1. The summed E-state index contributed by atoms with van der Waals surface area (Å²) < 4.78 is 0. The average molecular weight is 292 g/mol. The molecule has 2 heterocycles. The first-order valence-electron chi connectivity index (χ1n) is 6.86. The molecule has 1 aromatic heterocycles. The summed E-state index contributed by atoms with van der Waals surface area (Å²) in [6.45, 7) is 5.02. The van der Waals surface area contributed by atoms with Crippen LogP contribution in [0.4, 0.5) is 0 Å². The van der Waals surface area contributed by atoms with E-state index in [0.717, 1.165) is 13.1 Å². The van der Waals surface area contributed by atoms with E-state index in [-0.39, 0.29) is 10.9 Å². The van der Waals surface area contributed by atoms with Gasteiger partial charge in [0.05, 0.1) is 0 Å². The highest BCUT2D eigenvalue weighted by Gasteiger charge is 2.18. The number of carbonyl (C=O) groups is 1.